The van der Waals surface area contributed by atoms with Crippen LogP contribution in [0.1, 0.15) is 37.3 Å². The van der Waals surface area contributed by atoms with Crippen molar-refractivity contribution in [2.45, 2.75) is 31.7 Å². The Kier molecular flexibility index (Phi) is 5.75. The van der Waals surface area contributed by atoms with E-state index in [9.17, 15) is 14.7 Å². The summed E-state index contributed by atoms with van der Waals surface area (Å²) in [4.78, 5) is 25.2. The molecule has 2 N–H and O–H groups in total. The zero-order chi connectivity index (χ0) is 15.1. The first-order valence-electron chi connectivity index (χ1n) is 7.47. The first-order valence-corrected chi connectivity index (χ1v) is 7.47. The Hall–Kier alpha value is -1.88. The average molecular weight is 290 g/mol. The lowest BCUT2D eigenvalue weighted by Crippen LogP contribution is -2.38. The summed E-state index contributed by atoms with van der Waals surface area (Å²) in [5, 5.41) is 12.2. The quantitative estimate of drug-likeness (QED) is 0.838. The van der Waals surface area contributed by atoms with Crippen LogP contribution in [-0.2, 0) is 9.59 Å². The smallest absolute Gasteiger partial charge is 0.325 e. The third-order valence-electron chi connectivity index (χ3n) is 3.78. The molecule has 21 heavy (non-hydrogen) atoms. The molecule has 0 bridgehead atoms. The fourth-order valence-corrected chi connectivity index (χ4v) is 2.62. The van der Waals surface area contributed by atoms with Gasteiger partial charge in [0, 0.05) is 26.1 Å². The Morgan fingerprint density at radius 3 is 2.43 bits per heavy atom. The molecular weight excluding hydrogens is 268 g/mol. The lowest BCUT2D eigenvalue weighted by Gasteiger charge is -2.27. The predicted molar refractivity (Wildman–Crippen MR) is 79.9 cm³/mol. The highest BCUT2D eigenvalue weighted by atomic mass is 16.4. The number of benzene rings is 1. The molecule has 5 heteroatoms. The van der Waals surface area contributed by atoms with Crippen molar-refractivity contribution in [2.75, 3.05) is 19.6 Å². The molecule has 1 aromatic rings. The lowest BCUT2D eigenvalue weighted by molar-refractivity contribution is -0.140. The number of nitrogens with one attached hydrogen (secondary N) is 1. The molecule has 1 aromatic carbocycles. The number of amides is 1. The summed E-state index contributed by atoms with van der Waals surface area (Å²) < 4.78 is 0. The minimum absolute atomic E-state index is 0.111. The van der Waals surface area contributed by atoms with Crippen LogP contribution >= 0.6 is 0 Å². The van der Waals surface area contributed by atoms with Gasteiger partial charge in [-0.25, -0.2) is 0 Å². The van der Waals surface area contributed by atoms with E-state index in [0.29, 0.717) is 18.5 Å². The first-order chi connectivity index (χ1) is 10.2. The van der Waals surface area contributed by atoms with Crippen molar-refractivity contribution in [3.63, 3.8) is 0 Å². The third-order valence-corrected chi connectivity index (χ3v) is 3.78. The van der Waals surface area contributed by atoms with Crippen LogP contribution in [0.3, 0.4) is 0 Å². The number of carboxylic acid groups (broad SMARTS) is 1. The summed E-state index contributed by atoms with van der Waals surface area (Å²) in [6.45, 7) is 2.04. The number of hydrogen-bond acceptors (Lipinski definition) is 3. The van der Waals surface area contributed by atoms with Gasteiger partial charge in [-0.15, -0.1) is 0 Å². The van der Waals surface area contributed by atoms with Gasteiger partial charge in [0.1, 0.15) is 6.04 Å². The number of rotatable bonds is 6. The monoisotopic (exact) mass is 290 g/mol. The number of piperidine rings is 1. The predicted octanol–water partition coefficient (Wildman–Crippen LogP) is 1.80. The molecule has 0 saturated carbocycles. The molecule has 1 amide bonds. The molecule has 1 unspecified atom stereocenters. The molecule has 1 fully saturated rings. The summed E-state index contributed by atoms with van der Waals surface area (Å²) in [5.41, 5.74) is 0.704. The molecule has 1 atom stereocenters. The van der Waals surface area contributed by atoms with Gasteiger partial charge in [0.25, 0.3) is 0 Å². The van der Waals surface area contributed by atoms with E-state index in [1.54, 1.807) is 12.1 Å². The second kappa shape index (κ2) is 7.78. The fourth-order valence-electron chi connectivity index (χ4n) is 2.62. The first kappa shape index (κ1) is 15.5. The third kappa shape index (κ3) is 4.56. The van der Waals surface area contributed by atoms with Gasteiger partial charge in [-0.1, -0.05) is 30.3 Å². The zero-order valence-corrected chi connectivity index (χ0v) is 12.1. The molecule has 114 valence electrons. The van der Waals surface area contributed by atoms with Crippen LogP contribution in [0, 0.1) is 0 Å². The number of carbonyl (C=O) groups excluding carboxylic acids is 1. The molecular formula is C16H22N2O3. The van der Waals surface area contributed by atoms with Crippen molar-refractivity contribution < 1.29 is 14.7 Å². The lowest BCUT2D eigenvalue weighted by atomic mass is 10.1. The van der Waals surface area contributed by atoms with Crippen LogP contribution in [0.5, 0.6) is 0 Å². The Labute approximate surface area is 125 Å². The van der Waals surface area contributed by atoms with Crippen molar-refractivity contribution in [3.8, 4) is 0 Å². The molecule has 1 aliphatic rings. The van der Waals surface area contributed by atoms with Crippen LogP contribution in [0.2, 0.25) is 0 Å². The minimum atomic E-state index is -0.924. The SMILES string of the molecule is O=C(O)C(NCCC(=O)N1CCCCC1)c1ccccc1. The van der Waals surface area contributed by atoms with Crippen molar-refractivity contribution in [3.05, 3.63) is 35.9 Å². The maximum atomic E-state index is 12.0. The van der Waals surface area contributed by atoms with Gasteiger partial charge in [-0.05, 0) is 24.8 Å². The Bertz CT molecular complexity index is 470. The fraction of sp³-hybridized carbons (Fsp3) is 0.500. The van der Waals surface area contributed by atoms with E-state index >= 15 is 0 Å². The molecule has 1 saturated heterocycles. The summed E-state index contributed by atoms with van der Waals surface area (Å²) in [7, 11) is 0. The van der Waals surface area contributed by atoms with Crippen molar-refractivity contribution in [2.24, 2.45) is 0 Å². The minimum Gasteiger partial charge on any atom is -0.480 e. The van der Waals surface area contributed by atoms with E-state index in [1.165, 1.54) is 6.42 Å². The molecule has 5 nitrogen and oxygen atoms in total. The zero-order valence-electron chi connectivity index (χ0n) is 12.1. The Balaban J connectivity index is 1.82. The van der Waals surface area contributed by atoms with Crippen molar-refractivity contribution in [1.29, 1.82) is 0 Å². The number of aliphatic carboxylic acids is 1. The molecule has 0 aliphatic carbocycles. The maximum absolute atomic E-state index is 12.0. The molecule has 1 aliphatic heterocycles. The standard InChI is InChI=1S/C16H22N2O3/c19-14(18-11-5-2-6-12-18)9-10-17-15(16(20)21)13-7-3-1-4-8-13/h1,3-4,7-8,15,17H,2,5-6,9-12H2,(H,20,21). The normalized spacial score (nSPS) is 16.5. The van der Waals surface area contributed by atoms with Crippen LogP contribution in [-0.4, -0.2) is 41.5 Å². The summed E-state index contributed by atoms with van der Waals surface area (Å²) >= 11 is 0. The van der Waals surface area contributed by atoms with E-state index in [-0.39, 0.29) is 5.91 Å². The van der Waals surface area contributed by atoms with Crippen LogP contribution in [0.25, 0.3) is 0 Å². The largest absolute Gasteiger partial charge is 0.480 e. The number of carbonyl (C=O) groups is 2. The summed E-state index contributed by atoms with van der Waals surface area (Å²) in [5.74, 6) is -0.814. The van der Waals surface area contributed by atoms with Crippen LogP contribution in [0.4, 0.5) is 0 Å². The Morgan fingerprint density at radius 1 is 1.14 bits per heavy atom. The highest BCUT2D eigenvalue weighted by molar-refractivity contribution is 5.77. The topological polar surface area (TPSA) is 69.6 Å². The molecule has 0 aromatic heterocycles. The second-order valence-electron chi connectivity index (χ2n) is 5.33. The molecule has 0 radical (unpaired) electrons. The van der Waals surface area contributed by atoms with E-state index < -0.39 is 12.0 Å². The average Bonchev–Trinajstić information content (AvgIpc) is 2.52. The van der Waals surface area contributed by atoms with Crippen molar-refractivity contribution >= 4 is 11.9 Å². The maximum Gasteiger partial charge on any atom is 0.325 e. The Morgan fingerprint density at radius 2 is 1.81 bits per heavy atom. The summed E-state index contributed by atoms with van der Waals surface area (Å²) in [6.07, 6.45) is 3.68. The van der Waals surface area contributed by atoms with Gasteiger partial charge < -0.3 is 15.3 Å². The summed E-state index contributed by atoms with van der Waals surface area (Å²) in [6, 6.07) is 8.26. The van der Waals surface area contributed by atoms with E-state index in [0.717, 1.165) is 25.9 Å². The van der Waals surface area contributed by atoms with E-state index in [1.807, 2.05) is 23.1 Å². The highest BCUT2D eigenvalue weighted by Gasteiger charge is 2.20. The molecule has 0 spiro atoms. The van der Waals surface area contributed by atoms with E-state index in [4.69, 9.17) is 0 Å². The van der Waals surface area contributed by atoms with Gasteiger partial charge in [0.15, 0.2) is 0 Å². The highest BCUT2D eigenvalue weighted by Crippen LogP contribution is 2.13. The van der Waals surface area contributed by atoms with Gasteiger partial charge >= 0.3 is 5.97 Å². The van der Waals surface area contributed by atoms with Crippen molar-refractivity contribution in [1.82, 2.24) is 10.2 Å². The second-order valence-corrected chi connectivity index (χ2v) is 5.33. The van der Waals surface area contributed by atoms with E-state index in [2.05, 4.69) is 5.32 Å². The van der Waals surface area contributed by atoms with Crippen LogP contribution < -0.4 is 5.32 Å². The van der Waals surface area contributed by atoms with Gasteiger partial charge in [0.2, 0.25) is 5.91 Å². The number of carboxylic acids is 1. The molecule has 1 heterocycles. The molecule has 2 rings (SSSR count). The van der Waals surface area contributed by atoms with Gasteiger partial charge in [-0.2, -0.15) is 0 Å². The number of hydrogen-bond donors (Lipinski definition) is 2. The number of likely N-dealkylation sites (tertiary alicyclic amines) is 1. The van der Waals surface area contributed by atoms with Gasteiger partial charge in [-0.3, -0.25) is 9.59 Å². The van der Waals surface area contributed by atoms with Gasteiger partial charge in [0.05, 0.1) is 0 Å². The van der Waals surface area contributed by atoms with Crippen LogP contribution in [0.15, 0.2) is 30.3 Å². The number of nitrogens with zero attached hydrogens (tertiary/aromatic N) is 1.